The molecule has 0 spiro atoms. The quantitative estimate of drug-likeness (QED) is 0.510. The Balaban J connectivity index is 2.03. The van der Waals surface area contributed by atoms with E-state index in [4.69, 9.17) is 0 Å². The number of hydrogen-bond donors (Lipinski definition) is 0. The molecule has 0 heteroatoms. The standard InChI is InChI=1S/C24H22/c1-3-23(19-12-7-5-8-13-19)21-16-11-17-22(18-21)24(4-2)20-14-9-6-10-15-20/h3-18H,1-2H3/b23-3-,24-4+. The fraction of sp³-hybridized carbons (Fsp3) is 0.0833. The highest BCUT2D eigenvalue weighted by atomic mass is 14.1. The second-order valence-electron chi connectivity index (χ2n) is 5.72. The molecule has 0 aliphatic rings. The zero-order valence-corrected chi connectivity index (χ0v) is 14.2. The second kappa shape index (κ2) is 7.61. The van der Waals surface area contributed by atoms with Crippen LogP contribution in [0.5, 0.6) is 0 Å². The first-order chi connectivity index (χ1) is 11.8. The third-order valence-corrected chi connectivity index (χ3v) is 4.23. The molecule has 0 heterocycles. The van der Waals surface area contributed by atoms with Gasteiger partial charge in [0.25, 0.3) is 0 Å². The maximum atomic E-state index is 2.28. The summed E-state index contributed by atoms with van der Waals surface area (Å²) in [4.78, 5) is 0. The Morgan fingerprint density at radius 2 is 0.875 bits per heavy atom. The highest BCUT2D eigenvalue weighted by Crippen LogP contribution is 2.28. The van der Waals surface area contributed by atoms with Crippen LogP contribution in [0.3, 0.4) is 0 Å². The van der Waals surface area contributed by atoms with Crippen molar-refractivity contribution in [1.82, 2.24) is 0 Å². The van der Waals surface area contributed by atoms with Crippen LogP contribution >= 0.6 is 0 Å². The fourth-order valence-corrected chi connectivity index (χ4v) is 3.09. The van der Waals surface area contributed by atoms with Gasteiger partial charge in [-0.25, -0.2) is 0 Å². The van der Waals surface area contributed by atoms with E-state index in [1.54, 1.807) is 0 Å². The summed E-state index contributed by atoms with van der Waals surface area (Å²) in [6.07, 6.45) is 4.37. The highest BCUT2D eigenvalue weighted by Gasteiger charge is 2.08. The van der Waals surface area contributed by atoms with E-state index in [1.165, 1.54) is 33.4 Å². The van der Waals surface area contributed by atoms with Gasteiger partial charge in [-0.2, -0.15) is 0 Å². The van der Waals surface area contributed by atoms with Crippen molar-refractivity contribution in [3.05, 3.63) is 119 Å². The van der Waals surface area contributed by atoms with Gasteiger partial charge < -0.3 is 0 Å². The minimum absolute atomic E-state index is 1.25. The van der Waals surface area contributed by atoms with Gasteiger partial charge in [-0.3, -0.25) is 0 Å². The molecule has 0 saturated carbocycles. The Kier molecular flexibility index (Phi) is 5.08. The summed E-state index contributed by atoms with van der Waals surface area (Å²) in [6, 6.07) is 29.9. The van der Waals surface area contributed by atoms with Gasteiger partial charge >= 0.3 is 0 Å². The van der Waals surface area contributed by atoms with Crippen LogP contribution in [0.4, 0.5) is 0 Å². The molecule has 0 nitrogen and oxygen atoms in total. The molecular weight excluding hydrogens is 288 g/mol. The van der Waals surface area contributed by atoms with Crippen LogP contribution in [0.15, 0.2) is 97.1 Å². The van der Waals surface area contributed by atoms with E-state index in [0.717, 1.165) is 0 Å². The first-order valence-electron chi connectivity index (χ1n) is 8.37. The molecule has 0 N–H and O–H groups in total. The third-order valence-electron chi connectivity index (χ3n) is 4.23. The van der Waals surface area contributed by atoms with E-state index in [1.807, 2.05) is 0 Å². The minimum Gasteiger partial charge on any atom is -0.0792 e. The van der Waals surface area contributed by atoms with Crippen molar-refractivity contribution in [3.63, 3.8) is 0 Å². The summed E-state index contributed by atoms with van der Waals surface area (Å²) in [6.45, 7) is 4.20. The molecule has 0 saturated heterocycles. The van der Waals surface area contributed by atoms with E-state index in [-0.39, 0.29) is 0 Å². The Bertz CT molecular complexity index is 782. The molecule has 0 fully saturated rings. The number of benzene rings is 3. The predicted molar refractivity (Wildman–Crippen MR) is 105 cm³/mol. The van der Waals surface area contributed by atoms with Crippen LogP contribution in [0.25, 0.3) is 11.1 Å². The Morgan fingerprint density at radius 3 is 1.25 bits per heavy atom. The van der Waals surface area contributed by atoms with Gasteiger partial charge in [-0.15, -0.1) is 0 Å². The lowest BCUT2D eigenvalue weighted by molar-refractivity contribution is 1.48. The van der Waals surface area contributed by atoms with Crippen LogP contribution in [0.2, 0.25) is 0 Å². The summed E-state index contributed by atoms with van der Waals surface area (Å²) in [5.41, 5.74) is 7.52. The summed E-state index contributed by atoms with van der Waals surface area (Å²) in [7, 11) is 0. The molecule has 3 rings (SSSR count). The highest BCUT2D eigenvalue weighted by molar-refractivity contribution is 5.84. The summed E-state index contributed by atoms with van der Waals surface area (Å²) >= 11 is 0. The zero-order chi connectivity index (χ0) is 16.8. The molecule has 3 aromatic carbocycles. The average molecular weight is 310 g/mol. The molecule has 0 atom stereocenters. The topological polar surface area (TPSA) is 0 Å². The smallest absolute Gasteiger partial charge is 0.0154 e. The van der Waals surface area contributed by atoms with Gasteiger partial charge in [0.1, 0.15) is 0 Å². The molecule has 24 heavy (non-hydrogen) atoms. The third kappa shape index (κ3) is 3.38. The predicted octanol–water partition coefficient (Wildman–Crippen LogP) is 6.59. The van der Waals surface area contributed by atoms with Gasteiger partial charge in [-0.1, -0.05) is 91.0 Å². The summed E-state index contributed by atoms with van der Waals surface area (Å²) in [5, 5.41) is 0. The van der Waals surface area contributed by atoms with E-state index in [0.29, 0.717) is 0 Å². The SMILES string of the molecule is C/C=C(/c1ccccc1)c1cccc(/C(=C/C)c2ccccc2)c1. The normalized spacial score (nSPS) is 12.2. The average Bonchev–Trinajstić information content (AvgIpc) is 2.65. The van der Waals surface area contributed by atoms with Gasteiger partial charge in [-0.05, 0) is 53.3 Å². The maximum Gasteiger partial charge on any atom is -0.0154 e. The van der Waals surface area contributed by atoms with Gasteiger partial charge in [0.2, 0.25) is 0 Å². The van der Waals surface area contributed by atoms with Crippen molar-refractivity contribution in [3.8, 4) is 0 Å². The van der Waals surface area contributed by atoms with E-state index >= 15 is 0 Å². The van der Waals surface area contributed by atoms with Gasteiger partial charge in [0, 0.05) is 0 Å². The maximum absolute atomic E-state index is 2.28. The Morgan fingerprint density at radius 1 is 0.500 bits per heavy atom. The van der Waals surface area contributed by atoms with Crippen LogP contribution < -0.4 is 0 Å². The van der Waals surface area contributed by atoms with E-state index in [9.17, 15) is 0 Å². The summed E-state index contributed by atoms with van der Waals surface area (Å²) in [5.74, 6) is 0. The lowest BCUT2D eigenvalue weighted by Gasteiger charge is -2.12. The van der Waals surface area contributed by atoms with E-state index in [2.05, 4.69) is 111 Å². The molecular formula is C24H22. The van der Waals surface area contributed by atoms with Crippen molar-refractivity contribution in [1.29, 1.82) is 0 Å². The van der Waals surface area contributed by atoms with E-state index < -0.39 is 0 Å². The first kappa shape index (κ1) is 16.0. The van der Waals surface area contributed by atoms with Crippen molar-refractivity contribution in [2.45, 2.75) is 13.8 Å². The lowest BCUT2D eigenvalue weighted by Crippen LogP contribution is -1.92. The number of allylic oxidation sites excluding steroid dienone is 2. The Hall–Kier alpha value is -2.86. The van der Waals surface area contributed by atoms with Gasteiger partial charge in [0.05, 0.1) is 0 Å². The lowest BCUT2D eigenvalue weighted by atomic mass is 9.92. The largest absolute Gasteiger partial charge is 0.0792 e. The molecule has 0 unspecified atom stereocenters. The molecule has 0 aromatic heterocycles. The van der Waals surface area contributed by atoms with Crippen LogP contribution in [-0.2, 0) is 0 Å². The molecule has 0 radical (unpaired) electrons. The molecule has 3 aromatic rings. The summed E-state index contributed by atoms with van der Waals surface area (Å²) < 4.78 is 0. The zero-order valence-electron chi connectivity index (χ0n) is 14.2. The van der Waals surface area contributed by atoms with Gasteiger partial charge in [0.15, 0.2) is 0 Å². The minimum atomic E-state index is 1.25. The van der Waals surface area contributed by atoms with Crippen molar-refractivity contribution < 1.29 is 0 Å². The number of hydrogen-bond acceptors (Lipinski definition) is 0. The number of rotatable bonds is 4. The van der Waals surface area contributed by atoms with Crippen LogP contribution in [0, 0.1) is 0 Å². The molecule has 118 valence electrons. The fourth-order valence-electron chi connectivity index (χ4n) is 3.09. The second-order valence-corrected chi connectivity index (χ2v) is 5.72. The molecule has 0 aliphatic carbocycles. The monoisotopic (exact) mass is 310 g/mol. The Labute approximate surface area is 144 Å². The van der Waals surface area contributed by atoms with Crippen LogP contribution in [-0.4, -0.2) is 0 Å². The van der Waals surface area contributed by atoms with Crippen LogP contribution in [0.1, 0.15) is 36.1 Å². The molecule has 0 amide bonds. The van der Waals surface area contributed by atoms with Crippen molar-refractivity contribution in [2.75, 3.05) is 0 Å². The molecule has 0 aliphatic heterocycles. The first-order valence-corrected chi connectivity index (χ1v) is 8.37. The van der Waals surface area contributed by atoms with Crippen molar-refractivity contribution >= 4 is 11.1 Å². The van der Waals surface area contributed by atoms with Crippen molar-refractivity contribution in [2.24, 2.45) is 0 Å². The molecule has 0 bridgehead atoms.